The molecule has 0 spiro atoms. The number of hydrogen-bond acceptors (Lipinski definition) is 4. The Labute approximate surface area is 128 Å². The molecule has 1 heterocycles. The van der Waals surface area contributed by atoms with Crippen molar-refractivity contribution in [2.75, 3.05) is 18.4 Å². The first-order chi connectivity index (χ1) is 9.96. The summed E-state index contributed by atoms with van der Waals surface area (Å²) < 4.78 is 0. The fourth-order valence-electron chi connectivity index (χ4n) is 2.17. The van der Waals surface area contributed by atoms with Gasteiger partial charge in [0.2, 0.25) is 0 Å². The van der Waals surface area contributed by atoms with Crippen molar-refractivity contribution in [3.8, 4) is 0 Å². The standard InChI is InChI=1S/C16H28N4O/c1-7-12(6)20(9-3)16(21)14-13(17-8-2)10-18-15(19-14)11(4)5/h10-12,17H,7-9H2,1-6H3. The lowest BCUT2D eigenvalue weighted by Gasteiger charge is -2.27. The average molecular weight is 292 g/mol. The smallest absolute Gasteiger partial charge is 0.274 e. The maximum Gasteiger partial charge on any atom is 0.274 e. The number of nitrogens with one attached hydrogen (secondary N) is 1. The summed E-state index contributed by atoms with van der Waals surface area (Å²) >= 11 is 0. The highest BCUT2D eigenvalue weighted by molar-refractivity contribution is 5.97. The van der Waals surface area contributed by atoms with E-state index in [1.807, 2.05) is 32.6 Å². The highest BCUT2D eigenvalue weighted by Crippen LogP contribution is 2.19. The van der Waals surface area contributed by atoms with Crippen LogP contribution in [0, 0.1) is 0 Å². The molecule has 0 aliphatic rings. The fraction of sp³-hybridized carbons (Fsp3) is 0.688. The Hall–Kier alpha value is -1.65. The minimum absolute atomic E-state index is 0.0212. The number of aromatic nitrogens is 2. The van der Waals surface area contributed by atoms with Crippen molar-refractivity contribution in [2.45, 2.75) is 59.9 Å². The van der Waals surface area contributed by atoms with Crippen LogP contribution in [0.3, 0.4) is 0 Å². The van der Waals surface area contributed by atoms with Gasteiger partial charge in [0.25, 0.3) is 5.91 Å². The molecule has 118 valence electrons. The summed E-state index contributed by atoms with van der Waals surface area (Å²) in [6.45, 7) is 13.6. The molecule has 1 aromatic heterocycles. The number of carbonyl (C=O) groups excluding carboxylic acids is 1. The SMILES string of the molecule is CCNc1cnc(C(C)C)nc1C(=O)N(CC)C(C)CC. The number of carbonyl (C=O) groups is 1. The molecule has 0 radical (unpaired) electrons. The van der Waals surface area contributed by atoms with Crippen molar-refractivity contribution in [1.82, 2.24) is 14.9 Å². The lowest BCUT2D eigenvalue weighted by molar-refractivity contribution is 0.0694. The van der Waals surface area contributed by atoms with E-state index < -0.39 is 0 Å². The fourth-order valence-corrected chi connectivity index (χ4v) is 2.17. The molecular formula is C16H28N4O. The second kappa shape index (κ2) is 7.96. The summed E-state index contributed by atoms with van der Waals surface area (Å²) in [6, 6.07) is 0.203. The van der Waals surface area contributed by atoms with Crippen LogP contribution in [0.1, 0.15) is 70.2 Å². The lowest BCUT2D eigenvalue weighted by Crippen LogP contribution is -2.39. The number of hydrogen-bond donors (Lipinski definition) is 1. The molecule has 0 bridgehead atoms. The van der Waals surface area contributed by atoms with Gasteiger partial charge in [0.05, 0.1) is 11.9 Å². The molecule has 1 N–H and O–H groups in total. The third-order valence-corrected chi connectivity index (χ3v) is 3.62. The molecule has 1 rings (SSSR count). The predicted molar refractivity (Wildman–Crippen MR) is 86.7 cm³/mol. The molecule has 21 heavy (non-hydrogen) atoms. The Morgan fingerprint density at radius 2 is 1.95 bits per heavy atom. The van der Waals surface area contributed by atoms with Gasteiger partial charge in [-0.3, -0.25) is 4.79 Å². The molecule has 0 fully saturated rings. The molecule has 0 saturated heterocycles. The molecule has 1 atom stereocenters. The maximum atomic E-state index is 12.8. The predicted octanol–water partition coefficient (Wildman–Crippen LogP) is 3.29. The van der Waals surface area contributed by atoms with E-state index in [0.717, 1.165) is 13.0 Å². The monoisotopic (exact) mass is 292 g/mol. The van der Waals surface area contributed by atoms with E-state index in [-0.39, 0.29) is 17.9 Å². The van der Waals surface area contributed by atoms with Gasteiger partial charge in [-0.2, -0.15) is 0 Å². The minimum atomic E-state index is -0.0212. The zero-order valence-electron chi connectivity index (χ0n) is 14.1. The lowest BCUT2D eigenvalue weighted by atomic mass is 10.1. The van der Waals surface area contributed by atoms with E-state index in [0.29, 0.717) is 23.8 Å². The largest absolute Gasteiger partial charge is 0.382 e. The van der Waals surface area contributed by atoms with Crippen LogP contribution in [0.2, 0.25) is 0 Å². The van der Waals surface area contributed by atoms with E-state index in [4.69, 9.17) is 0 Å². The van der Waals surface area contributed by atoms with E-state index in [9.17, 15) is 4.79 Å². The van der Waals surface area contributed by atoms with Crippen LogP contribution in [0.4, 0.5) is 5.69 Å². The second-order valence-electron chi connectivity index (χ2n) is 5.52. The Kier molecular flexibility index (Phi) is 6.59. The van der Waals surface area contributed by atoms with Crippen molar-refractivity contribution in [1.29, 1.82) is 0 Å². The van der Waals surface area contributed by atoms with Crippen molar-refractivity contribution < 1.29 is 4.79 Å². The van der Waals surface area contributed by atoms with Crippen LogP contribution in [0.25, 0.3) is 0 Å². The van der Waals surface area contributed by atoms with Crippen LogP contribution in [0.5, 0.6) is 0 Å². The van der Waals surface area contributed by atoms with E-state index >= 15 is 0 Å². The number of anilines is 1. The van der Waals surface area contributed by atoms with E-state index in [1.54, 1.807) is 6.20 Å². The molecule has 1 unspecified atom stereocenters. The summed E-state index contributed by atoms with van der Waals surface area (Å²) in [5.74, 6) is 0.887. The first kappa shape index (κ1) is 17.4. The molecular weight excluding hydrogens is 264 g/mol. The normalized spacial score (nSPS) is 12.3. The van der Waals surface area contributed by atoms with Crippen LogP contribution < -0.4 is 5.32 Å². The van der Waals surface area contributed by atoms with E-state index in [2.05, 4.69) is 29.1 Å². The molecule has 5 heteroatoms. The van der Waals surface area contributed by atoms with E-state index in [1.165, 1.54) is 0 Å². The highest BCUT2D eigenvalue weighted by Gasteiger charge is 2.24. The van der Waals surface area contributed by atoms with Crippen molar-refractivity contribution in [3.05, 3.63) is 17.7 Å². The molecule has 0 aliphatic heterocycles. The van der Waals surface area contributed by atoms with Crippen molar-refractivity contribution >= 4 is 11.6 Å². The molecule has 0 aliphatic carbocycles. The van der Waals surface area contributed by atoms with Gasteiger partial charge in [0.1, 0.15) is 5.82 Å². The van der Waals surface area contributed by atoms with Gasteiger partial charge >= 0.3 is 0 Å². The van der Waals surface area contributed by atoms with Gasteiger partial charge < -0.3 is 10.2 Å². The first-order valence-electron chi connectivity index (χ1n) is 7.87. The summed E-state index contributed by atoms with van der Waals surface area (Å²) in [6.07, 6.45) is 2.65. The van der Waals surface area contributed by atoms with Gasteiger partial charge in [-0.25, -0.2) is 9.97 Å². The maximum absolute atomic E-state index is 12.8. The minimum Gasteiger partial charge on any atom is -0.382 e. The Bertz CT molecular complexity index is 473. The second-order valence-corrected chi connectivity index (χ2v) is 5.52. The van der Waals surface area contributed by atoms with Crippen molar-refractivity contribution in [2.24, 2.45) is 0 Å². The molecule has 0 saturated carbocycles. The number of amides is 1. The van der Waals surface area contributed by atoms with Gasteiger partial charge in [-0.05, 0) is 27.2 Å². The Morgan fingerprint density at radius 3 is 2.43 bits per heavy atom. The summed E-state index contributed by atoms with van der Waals surface area (Å²) in [7, 11) is 0. The summed E-state index contributed by atoms with van der Waals surface area (Å²) in [5.41, 5.74) is 1.20. The van der Waals surface area contributed by atoms with Gasteiger partial charge in [0.15, 0.2) is 5.69 Å². The van der Waals surface area contributed by atoms with Crippen LogP contribution >= 0.6 is 0 Å². The van der Waals surface area contributed by atoms with Crippen LogP contribution in [-0.2, 0) is 0 Å². The number of nitrogens with zero attached hydrogens (tertiary/aromatic N) is 3. The average Bonchev–Trinajstić information content (AvgIpc) is 2.48. The zero-order chi connectivity index (χ0) is 16.0. The van der Waals surface area contributed by atoms with Crippen molar-refractivity contribution in [3.63, 3.8) is 0 Å². The quantitative estimate of drug-likeness (QED) is 0.837. The molecule has 1 amide bonds. The summed E-state index contributed by atoms with van der Waals surface area (Å²) in [5, 5.41) is 3.19. The topological polar surface area (TPSA) is 58.1 Å². The molecule has 1 aromatic rings. The van der Waals surface area contributed by atoms with Gasteiger partial charge in [-0.15, -0.1) is 0 Å². The third kappa shape index (κ3) is 4.16. The third-order valence-electron chi connectivity index (χ3n) is 3.62. The van der Waals surface area contributed by atoms with Crippen LogP contribution in [-0.4, -0.2) is 39.9 Å². The van der Waals surface area contributed by atoms with Crippen LogP contribution in [0.15, 0.2) is 6.20 Å². The Balaban J connectivity index is 3.23. The number of rotatable bonds is 7. The van der Waals surface area contributed by atoms with Gasteiger partial charge in [0, 0.05) is 25.0 Å². The summed E-state index contributed by atoms with van der Waals surface area (Å²) in [4.78, 5) is 23.6. The molecule has 5 nitrogen and oxygen atoms in total. The Morgan fingerprint density at radius 1 is 1.29 bits per heavy atom. The molecule has 0 aromatic carbocycles. The zero-order valence-corrected chi connectivity index (χ0v) is 14.1. The highest BCUT2D eigenvalue weighted by atomic mass is 16.2. The van der Waals surface area contributed by atoms with Gasteiger partial charge in [-0.1, -0.05) is 20.8 Å². The first-order valence-corrected chi connectivity index (χ1v) is 7.87.